The van der Waals surface area contributed by atoms with Gasteiger partial charge in [-0.2, -0.15) is 0 Å². The van der Waals surface area contributed by atoms with E-state index in [4.69, 9.17) is 14.0 Å². The predicted molar refractivity (Wildman–Crippen MR) is 82.3 cm³/mol. The third-order valence-corrected chi connectivity index (χ3v) is 3.40. The van der Waals surface area contributed by atoms with Crippen LogP contribution in [0.3, 0.4) is 0 Å². The van der Waals surface area contributed by atoms with Crippen LogP contribution in [0, 0.1) is 0 Å². The van der Waals surface area contributed by atoms with Crippen LogP contribution in [0.1, 0.15) is 30.8 Å². The van der Waals surface area contributed by atoms with E-state index in [-0.39, 0.29) is 17.7 Å². The lowest BCUT2D eigenvalue weighted by atomic mass is 10.1. The average Bonchev–Trinajstić information content (AvgIpc) is 3.04. The fourth-order valence-electron chi connectivity index (χ4n) is 1.91. The van der Waals surface area contributed by atoms with E-state index < -0.39 is 0 Å². The molecule has 0 aliphatic carbocycles. The van der Waals surface area contributed by atoms with Gasteiger partial charge >= 0.3 is 0 Å². The van der Waals surface area contributed by atoms with Gasteiger partial charge in [0.2, 0.25) is 5.76 Å². The Morgan fingerprint density at radius 2 is 2.00 bits per heavy atom. The topological polar surface area (TPSA) is 73.6 Å². The van der Waals surface area contributed by atoms with Crippen LogP contribution in [0.2, 0.25) is 0 Å². The maximum absolute atomic E-state index is 12.0. The first-order valence-electron chi connectivity index (χ1n) is 7.09. The minimum absolute atomic E-state index is 0.0853. The van der Waals surface area contributed by atoms with Gasteiger partial charge in [0.05, 0.1) is 14.2 Å². The minimum Gasteiger partial charge on any atom is -0.493 e. The molecule has 0 unspecified atom stereocenters. The van der Waals surface area contributed by atoms with Gasteiger partial charge in [-0.15, -0.1) is 0 Å². The van der Waals surface area contributed by atoms with Crippen molar-refractivity contribution in [2.75, 3.05) is 14.2 Å². The second-order valence-corrected chi connectivity index (χ2v) is 4.93. The molecule has 0 bridgehead atoms. The largest absolute Gasteiger partial charge is 0.493 e. The Morgan fingerprint density at radius 1 is 1.27 bits per heavy atom. The highest BCUT2D eigenvalue weighted by Crippen LogP contribution is 2.31. The van der Waals surface area contributed by atoms with Gasteiger partial charge in [-0.25, -0.2) is 0 Å². The summed E-state index contributed by atoms with van der Waals surface area (Å²) in [5.74, 6) is 1.14. The van der Waals surface area contributed by atoms with Gasteiger partial charge in [-0.05, 0) is 31.5 Å². The van der Waals surface area contributed by atoms with Gasteiger partial charge < -0.3 is 19.3 Å². The summed E-state index contributed by atoms with van der Waals surface area (Å²) in [6.45, 7) is 3.93. The van der Waals surface area contributed by atoms with Crippen LogP contribution in [-0.2, 0) is 0 Å². The average molecular weight is 304 g/mol. The van der Waals surface area contributed by atoms with E-state index in [1.54, 1.807) is 32.4 Å². The zero-order valence-corrected chi connectivity index (χ0v) is 13.2. The number of methoxy groups -OCH3 is 2. The number of rotatable bonds is 6. The lowest BCUT2D eigenvalue weighted by Gasteiger charge is -2.08. The molecule has 0 aliphatic heterocycles. The summed E-state index contributed by atoms with van der Waals surface area (Å²) in [4.78, 5) is 12.0. The monoisotopic (exact) mass is 304 g/mol. The number of benzene rings is 1. The molecular formula is C16H20N2O4. The summed E-state index contributed by atoms with van der Waals surface area (Å²) in [6.07, 6.45) is 0.850. The lowest BCUT2D eigenvalue weighted by Crippen LogP contribution is -2.31. The number of hydrogen-bond acceptors (Lipinski definition) is 5. The summed E-state index contributed by atoms with van der Waals surface area (Å²) in [5.41, 5.74) is 1.35. The Hall–Kier alpha value is -2.50. The molecule has 0 spiro atoms. The van der Waals surface area contributed by atoms with Gasteiger partial charge in [-0.1, -0.05) is 12.1 Å². The molecule has 118 valence electrons. The van der Waals surface area contributed by atoms with Crippen LogP contribution in [0.5, 0.6) is 11.5 Å². The Kier molecular flexibility index (Phi) is 5.04. The van der Waals surface area contributed by atoms with Crippen molar-refractivity contribution < 1.29 is 18.8 Å². The summed E-state index contributed by atoms with van der Waals surface area (Å²) < 4.78 is 15.6. The molecule has 0 aliphatic rings. The van der Waals surface area contributed by atoms with Crippen LogP contribution in [0.4, 0.5) is 0 Å². The Labute approximate surface area is 129 Å². The fraction of sp³-hybridized carbons (Fsp3) is 0.375. The third-order valence-electron chi connectivity index (χ3n) is 3.40. The molecule has 2 aromatic rings. The second kappa shape index (κ2) is 6.98. The summed E-state index contributed by atoms with van der Waals surface area (Å²) in [5, 5.41) is 6.77. The van der Waals surface area contributed by atoms with Gasteiger partial charge in [-0.3, -0.25) is 4.79 Å². The molecule has 1 aromatic heterocycles. The van der Waals surface area contributed by atoms with Crippen molar-refractivity contribution >= 4 is 5.91 Å². The van der Waals surface area contributed by atoms with Crippen molar-refractivity contribution in [2.45, 2.75) is 26.3 Å². The second-order valence-electron chi connectivity index (χ2n) is 4.93. The number of amides is 1. The molecule has 0 fully saturated rings. The zero-order chi connectivity index (χ0) is 16.1. The number of carbonyl (C=O) groups excluding carboxylic acids is 1. The fourth-order valence-corrected chi connectivity index (χ4v) is 1.91. The molecule has 22 heavy (non-hydrogen) atoms. The SMILES string of the molecule is CC[C@@H](C)NC(=O)c1cc(-c2ccc(OC)c(OC)c2)no1. The van der Waals surface area contributed by atoms with Crippen molar-refractivity contribution in [1.82, 2.24) is 10.5 Å². The summed E-state index contributed by atoms with van der Waals surface area (Å²) in [6, 6.07) is 7.09. The normalized spacial score (nSPS) is 11.8. The van der Waals surface area contributed by atoms with Crippen molar-refractivity contribution in [3.8, 4) is 22.8 Å². The van der Waals surface area contributed by atoms with Crippen LogP contribution >= 0.6 is 0 Å². The van der Waals surface area contributed by atoms with Crippen LogP contribution in [0.15, 0.2) is 28.8 Å². The Bertz CT molecular complexity index is 651. The first-order chi connectivity index (χ1) is 10.6. The molecular weight excluding hydrogens is 284 g/mol. The first-order valence-corrected chi connectivity index (χ1v) is 7.09. The molecule has 1 heterocycles. The quantitative estimate of drug-likeness (QED) is 0.888. The van der Waals surface area contributed by atoms with E-state index in [0.717, 1.165) is 12.0 Å². The molecule has 0 saturated carbocycles. The number of carbonyl (C=O) groups is 1. The maximum atomic E-state index is 12.0. The van der Waals surface area contributed by atoms with E-state index in [9.17, 15) is 4.79 Å². The maximum Gasteiger partial charge on any atom is 0.290 e. The number of aromatic nitrogens is 1. The van der Waals surface area contributed by atoms with Crippen LogP contribution in [0.25, 0.3) is 11.3 Å². The van der Waals surface area contributed by atoms with Gasteiger partial charge in [0, 0.05) is 17.7 Å². The van der Waals surface area contributed by atoms with Crippen molar-refractivity contribution in [2.24, 2.45) is 0 Å². The van der Waals surface area contributed by atoms with E-state index >= 15 is 0 Å². The Balaban J connectivity index is 2.22. The molecule has 1 amide bonds. The highest BCUT2D eigenvalue weighted by atomic mass is 16.5. The van der Waals surface area contributed by atoms with E-state index in [1.807, 2.05) is 19.9 Å². The van der Waals surface area contributed by atoms with Crippen LogP contribution in [-0.4, -0.2) is 31.3 Å². The highest BCUT2D eigenvalue weighted by Gasteiger charge is 2.16. The smallest absolute Gasteiger partial charge is 0.290 e. The van der Waals surface area contributed by atoms with E-state index in [1.165, 1.54) is 0 Å². The van der Waals surface area contributed by atoms with Crippen molar-refractivity contribution in [1.29, 1.82) is 0 Å². The molecule has 1 atom stereocenters. The van der Waals surface area contributed by atoms with Crippen LogP contribution < -0.4 is 14.8 Å². The first kappa shape index (κ1) is 15.9. The highest BCUT2D eigenvalue weighted by molar-refractivity contribution is 5.92. The van der Waals surface area contributed by atoms with E-state index in [0.29, 0.717) is 17.2 Å². The predicted octanol–water partition coefficient (Wildman–Crippen LogP) is 2.89. The number of ether oxygens (including phenoxy) is 2. The molecule has 2 rings (SSSR count). The van der Waals surface area contributed by atoms with Gasteiger partial charge in [0.1, 0.15) is 5.69 Å². The van der Waals surface area contributed by atoms with Gasteiger partial charge in [0.25, 0.3) is 5.91 Å². The lowest BCUT2D eigenvalue weighted by molar-refractivity contribution is 0.0902. The van der Waals surface area contributed by atoms with Gasteiger partial charge in [0.15, 0.2) is 11.5 Å². The number of nitrogens with one attached hydrogen (secondary N) is 1. The third kappa shape index (κ3) is 3.39. The molecule has 0 saturated heterocycles. The Morgan fingerprint density at radius 3 is 2.64 bits per heavy atom. The zero-order valence-electron chi connectivity index (χ0n) is 13.2. The molecule has 6 heteroatoms. The molecule has 6 nitrogen and oxygen atoms in total. The van der Waals surface area contributed by atoms with Crippen molar-refractivity contribution in [3.63, 3.8) is 0 Å². The summed E-state index contributed by atoms with van der Waals surface area (Å²) in [7, 11) is 3.14. The number of hydrogen-bond donors (Lipinski definition) is 1. The molecule has 1 aromatic carbocycles. The standard InChI is InChI=1S/C16H20N2O4/c1-5-10(2)17-16(19)15-9-12(18-22-15)11-6-7-13(20-3)14(8-11)21-4/h6-10H,5H2,1-4H3,(H,17,19)/t10-/m1/s1. The molecule has 1 N–H and O–H groups in total. The van der Waals surface area contributed by atoms with E-state index in [2.05, 4.69) is 10.5 Å². The summed E-state index contributed by atoms with van der Waals surface area (Å²) >= 11 is 0. The number of nitrogens with zero attached hydrogens (tertiary/aromatic N) is 1. The molecule has 0 radical (unpaired) electrons. The van der Waals surface area contributed by atoms with Crippen molar-refractivity contribution in [3.05, 3.63) is 30.0 Å². The minimum atomic E-state index is -0.270.